The number of aliphatic hydroxyl groups excluding tert-OH is 2. The molecule has 37 heavy (non-hydrogen) atoms. The van der Waals surface area contributed by atoms with Gasteiger partial charge in [0, 0.05) is 29.0 Å². The van der Waals surface area contributed by atoms with E-state index in [1.165, 1.54) is 16.7 Å². The van der Waals surface area contributed by atoms with Crippen LogP contribution in [0.1, 0.15) is 45.1 Å². The summed E-state index contributed by atoms with van der Waals surface area (Å²) in [6, 6.07) is 8.45. The third kappa shape index (κ3) is 2.87. The number of hydrogen-bond donors (Lipinski definition) is 3. The molecule has 194 valence electrons. The number of aromatic nitrogens is 1. The second-order valence-corrected chi connectivity index (χ2v) is 12.5. The molecule has 1 aromatic carbocycles. The maximum absolute atomic E-state index is 11.2. The van der Waals surface area contributed by atoms with Crippen LogP contribution >= 0.6 is 0 Å². The number of nitrogen functional groups attached to an aromatic ring is 1. The average Bonchev–Trinajstić information content (AvgIpc) is 3.40. The lowest BCUT2D eigenvalue weighted by atomic mass is 9.54. The van der Waals surface area contributed by atoms with Crippen LogP contribution in [0.2, 0.25) is 0 Å². The lowest BCUT2D eigenvalue weighted by Gasteiger charge is -2.57. The van der Waals surface area contributed by atoms with Gasteiger partial charge in [0.15, 0.2) is 0 Å². The number of nitrogens with two attached hydrogens (primary N) is 1. The number of ether oxygens (including phenoxy) is 1. The minimum atomic E-state index is -0.907. The van der Waals surface area contributed by atoms with Gasteiger partial charge in [-0.05, 0) is 85.5 Å². The van der Waals surface area contributed by atoms with Gasteiger partial charge in [0.25, 0.3) is 0 Å². The van der Waals surface area contributed by atoms with Crippen molar-refractivity contribution in [3.63, 3.8) is 0 Å². The maximum Gasteiger partial charge on any atom is 0.131 e. The molecule has 2 aromatic rings. The summed E-state index contributed by atoms with van der Waals surface area (Å²) < 4.78 is 7.28. The summed E-state index contributed by atoms with van der Waals surface area (Å²) in [5.74, 6) is 1.14. The van der Waals surface area contributed by atoms with Crippen molar-refractivity contribution in [2.24, 2.45) is 17.3 Å². The first kappa shape index (κ1) is 23.6. The Balaban J connectivity index is 1.33. The van der Waals surface area contributed by atoms with E-state index in [1.807, 2.05) is 25.1 Å². The summed E-state index contributed by atoms with van der Waals surface area (Å²) in [5, 5.41) is 24.3. The molecule has 1 aromatic heterocycles. The van der Waals surface area contributed by atoms with Crippen molar-refractivity contribution < 1.29 is 14.9 Å². The molecule has 8 atom stereocenters. The number of pyridine rings is 1. The highest BCUT2D eigenvalue weighted by Crippen LogP contribution is 2.69. The van der Waals surface area contributed by atoms with Gasteiger partial charge in [-0.1, -0.05) is 44.2 Å². The Morgan fingerprint density at radius 2 is 1.97 bits per heavy atom. The van der Waals surface area contributed by atoms with Gasteiger partial charge in [0.1, 0.15) is 11.9 Å². The summed E-state index contributed by atoms with van der Waals surface area (Å²) in [6.07, 6.45) is 10.5. The summed E-state index contributed by atoms with van der Waals surface area (Å²) in [6.45, 7) is 4.72. The van der Waals surface area contributed by atoms with Crippen LogP contribution in [0.3, 0.4) is 0 Å². The Morgan fingerprint density at radius 3 is 2.76 bits per heavy atom. The number of nitrogens with zero attached hydrogens (tertiary/aromatic N) is 2. The number of hydrogen-bond acceptors (Lipinski definition) is 6. The van der Waals surface area contributed by atoms with E-state index in [2.05, 4.69) is 55.3 Å². The lowest BCUT2D eigenvalue weighted by Crippen LogP contribution is -2.62. The molecule has 4 N–H and O–H groups in total. The van der Waals surface area contributed by atoms with Crippen molar-refractivity contribution in [1.29, 1.82) is 0 Å². The average molecular weight is 500 g/mol. The molecule has 6 nitrogen and oxygen atoms in total. The van der Waals surface area contributed by atoms with Gasteiger partial charge in [-0.15, -0.1) is 0 Å². The zero-order chi connectivity index (χ0) is 25.9. The Kier molecular flexibility index (Phi) is 4.81. The highest BCUT2D eigenvalue weighted by atomic mass is 16.5. The topological polar surface area (TPSA) is 91.8 Å². The molecule has 2 bridgehead atoms. The lowest BCUT2D eigenvalue weighted by molar-refractivity contribution is -0.165. The second-order valence-electron chi connectivity index (χ2n) is 12.5. The van der Waals surface area contributed by atoms with Crippen LogP contribution < -0.4 is 5.73 Å². The van der Waals surface area contributed by atoms with Crippen molar-refractivity contribution in [2.75, 3.05) is 19.8 Å². The molecule has 1 saturated carbocycles. The van der Waals surface area contributed by atoms with Crippen molar-refractivity contribution >= 4 is 22.2 Å². The highest BCUT2D eigenvalue weighted by Gasteiger charge is 2.68. The number of fused-ring (bicyclic) bond motifs is 2. The van der Waals surface area contributed by atoms with Crippen molar-refractivity contribution in [3.05, 3.63) is 65.4 Å². The third-order valence-electron chi connectivity index (χ3n) is 10.8. The summed E-state index contributed by atoms with van der Waals surface area (Å²) in [5.41, 5.74) is 9.91. The molecule has 6 heteroatoms. The second kappa shape index (κ2) is 7.54. The van der Waals surface area contributed by atoms with E-state index >= 15 is 0 Å². The molecule has 5 aliphatic rings. The van der Waals surface area contributed by atoms with E-state index in [0.29, 0.717) is 18.2 Å². The number of anilines is 1. The molecule has 2 aliphatic heterocycles. The van der Waals surface area contributed by atoms with E-state index in [9.17, 15) is 10.2 Å². The number of aliphatic hydroxyl groups is 2. The molecule has 0 amide bonds. The molecule has 3 aliphatic carbocycles. The van der Waals surface area contributed by atoms with E-state index in [4.69, 9.17) is 10.5 Å². The Bertz CT molecular complexity index is 1410. The third-order valence-corrected chi connectivity index (χ3v) is 10.8. The maximum atomic E-state index is 11.2. The number of benzene rings is 1. The number of allylic oxidation sites excluding steroid dienone is 3. The Labute approximate surface area is 218 Å². The minimum Gasteiger partial charge on any atom is -0.388 e. The van der Waals surface area contributed by atoms with Gasteiger partial charge < -0.3 is 25.6 Å². The molecule has 2 spiro atoms. The zero-order valence-electron chi connectivity index (χ0n) is 22.1. The molecular weight excluding hydrogens is 462 g/mol. The summed E-state index contributed by atoms with van der Waals surface area (Å²) >= 11 is 0. The molecule has 7 rings (SSSR count). The summed E-state index contributed by atoms with van der Waals surface area (Å²) in [7, 11) is 3.95. The standard InChI is InChI=1S/C31H37N3O3/c1-17-13-20-15-23-26(35)27(36)24(34(3)4)16-30(23)10-11-31(20,37-30)25-8-7-22(29(17,25)2)19-6-5-18-9-12-33-28(32)21(18)14-19/h5-7,9,12-15,17,24-27,35-36H,8,10-11,16H2,1-4H3,(H2,32,33)/t17?,24-,25?,26+,27+,29+,30+,31+/m0/s1. The summed E-state index contributed by atoms with van der Waals surface area (Å²) in [4.78, 5) is 6.35. The fourth-order valence-corrected chi connectivity index (χ4v) is 8.61. The molecule has 0 radical (unpaired) electrons. The largest absolute Gasteiger partial charge is 0.388 e. The molecule has 2 fully saturated rings. The first-order valence-electron chi connectivity index (χ1n) is 13.6. The molecule has 3 heterocycles. The fourth-order valence-electron chi connectivity index (χ4n) is 8.61. The quantitative estimate of drug-likeness (QED) is 0.577. The van der Waals surface area contributed by atoms with E-state index in [0.717, 1.165) is 35.6 Å². The Hall–Kier alpha value is -2.51. The fraction of sp³-hybridized carbons (Fsp3) is 0.516. The SMILES string of the molecule is CC1C=C2C=C3[C@@H](O)[C@H](O)[C@@H](N(C)C)C[C@]34CC[C@]2(O4)C2CC=C(c3ccc4ccnc(N)c4c3)[C@@]12C. The molecular formula is C31H37N3O3. The van der Waals surface area contributed by atoms with Crippen LogP contribution in [0.25, 0.3) is 16.3 Å². The van der Waals surface area contributed by atoms with Gasteiger partial charge in [-0.25, -0.2) is 4.98 Å². The molecule has 2 unspecified atom stereocenters. The van der Waals surface area contributed by atoms with Crippen LogP contribution in [0.4, 0.5) is 5.82 Å². The Morgan fingerprint density at radius 1 is 1.16 bits per heavy atom. The van der Waals surface area contributed by atoms with Crippen molar-refractivity contribution in [1.82, 2.24) is 9.88 Å². The van der Waals surface area contributed by atoms with Gasteiger partial charge in [-0.2, -0.15) is 0 Å². The first-order chi connectivity index (χ1) is 17.6. The van der Waals surface area contributed by atoms with Gasteiger partial charge in [-0.3, -0.25) is 0 Å². The van der Waals surface area contributed by atoms with Crippen molar-refractivity contribution in [2.45, 2.75) is 69.0 Å². The van der Waals surface area contributed by atoms with Crippen LogP contribution in [0.15, 0.2) is 59.8 Å². The smallest absolute Gasteiger partial charge is 0.131 e. The van der Waals surface area contributed by atoms with Crippen LogP contribution in [0.5, 0.6) is 0 Å². The first-order valence-corrected chi connectivity index (χ1v) is 13.6. The van der Waals surface area contributed by atoms with Gasteiger partial charge in [0.2, 0.25) is 0 Å². The zero-order valence-corrected chi connectivity index (χ0v) is 22.1. The monoisotopic (exact) mass is 499 g/mol. The van der Waals surface area contributed by atoms with Gasteiger partial charge in [0.05, 0.1) is 17.3 Å². The van der Waals surface area contributed by atoms with E-state index in [1.54, 1.807) is 6.20 Å². The highest BCUT2D eigenvalue weighted by molar-refractivity contribution is 5.94. The van der Waals surface area contributed by atoms with Gasteiger partial charge >= 0.3 is 0 Å². The van der Waals surface area contributed by atoms with E-state index in [-0.39, 0.29) is 23.0 Å². The van der Waals surface area contributed by atoms with Crippen LogP contribution in [-0.2, 0) is 4.74 Å². The molecule has 1 saturated heterocycles. The predicted molar refractivity (Wildman–Crippen MR) is 146 cm³/mol. The minimum absolute atomic E-state index is 0.0984. The van der Waals surface area contributed by atoms with Crippen LogP contribution in [-0.4, -0.2) is 63.6 Å². The van der Waals surface area contributed by atoms with Crippen molar-refractivity contribution in [3.8, 4) is 0 Å². The normalized spacial score (nSPS) is 42.1. The van der Waals surface area contributed by atoms with Crippen LogP contribution in [0, 0.1) is 17.3 Å². The van der Waals surface area contributed by atoms with E-state index < -0.39 is 17.8 Å². The predicted octanol–water partition coefficient (Wildman–Crippen LogP) is 4.09. The number of likely N-dealkylation sites (N-methyl/N-ethyl adjacent to an activating group) is 1. The number of rotatable bonds is 2.